The Morgan fingerprint density at radius 3 is 2.82 bits per heavy atom. The molecule has 0 atom stereocenters. The van der Waals surface area contributed by atoms with Gasteiger partial charge in [-0.1, -0.05) is 0 Å². The molecule has 2 heterocycles. The first-order valence-corrected chi connectivity index (χ1v) is 5.90. The van der Waals surface area contributed by atoms with Gasteiger partial charge in [0, 0.05) is 5.56 Å². The van der Waals surface area contributed by atoms with Crippen molar-refractivity contribution >= 4 is 11.6 Å². The van der Waals surface area contributed by atoms with Gasteiger partial charge < -0.3 is 14.5 Å². The fourth-order valence-corrected chi connectivity index (χ4v) is 1.92. The first-order chi connectivity index (χ1) is 8.36. The zero-order chi connectivity index (χ0) is 11.7. The number of H-pyrrole nitrogens is 1. The van der Waals surface area contributed by atoms with E-state index in [4.69, 9.17) is 21.1 Å². The Bertz CT molecular complexity index is 539. The Labute approximate surface area is 104 Å². The van der Waals surface area contributed by atoms with Crippen molar-refractivity contribution < 1.29 is 9.47 Å². The molecule has 1 aromatic heterocycles. The quantitative estimate of drug-likeness (QED) is 0.834. The lowest BCUT2D eigenvalue weighted by Gasteiger charge is -2.18. The van der Waals surface area contributed by atoms with Gasteiger partial charge in [-0.25, -0.2) is 4.98 Å². The van der Waals surface area contributed by atoms with Crippen molar-refractivity contribution in [2.45, 2.75) is 5.88 Å². The summed E-state index contributed by atoms with van der Waals surface area (Å²) in [7, 11) is 0. The maximum atomic E-state index is 5.70. The molecule has 0 unspecified atom stereocenters. The molecule has 0 bridgehead atoms. The number of rotatable bonds is 2. The number of nitrogens with one attached hydrogen (secondary N) is 1. The molecule has 2 aromatic rings. The lowest BCUT2D eigenvalue weighted by Crippen LogP contribution is -2.15. The number of hydrogen-bond donors (Lipinski definition) is 1. The lowest BCUT2D eigenvalue weighted by atomic mass is 10.1. The fourth-order valence-electron chi connectivity index (χ4n) is 1.79. The number of halogens is 1. The molecule has 0 aliphatic carbocycles. The molecule has 0 saturated heterocycles. The second-order valence-electron chi connectivity index (χ2n) is 3.74. The van der Waals surface area contributed by atoms with Crippen molar-refractivity contribution in [2.24, 2.45) is 0 Å². The summed E-state index contributed by atoms with van der Waals surface area (Å²) in [6.45, 7) is 1.19. The largest absolute Gasteiger partial charge is 0.486 e. The number of hydrogen-bond acceptors (Lipinski definition) is 3. The van der Waals surface area contributed by atoms with Crippen LogP contribution in [0.25, 0.3) is 11.3 Å². The maximum Gasteiger partial charge on any atom is 0.162 e. The monoisotopic (exact) mass is 250 g/mol. The average molecular weight is 251 g/mol. The predicted molar refractivity (Wildman–Crippen MR) is 64.6 cm³/mol. The number of aromatic amines is 1. The van der Waals surface area contributed by atoms with Crippen LogP contribution in [0, 0.1) is 0 Å². The van der Waals surface area contributed by atoms with E-state index in [2.05, 4.69) is 9.97 Å². The predicted octanol–water partition coefficient (Wildman–Crippen LogP) is 2.59. The van der Waals surface area contributed by atoms with Crippen molar-refractivity contribution in [3.8, 4) is 22.8 Å². The third-order valence-corrected chi connectivity index (χ3v) is 2.86. The van der Waals surface area contributed by atoms with Crippen LogP contribution in [-0.4, -0.2) is 23.2 Å². The molecule has 0 saturated carbocycles. The number of aromatic nitrogens is 2. The topological polar surface area (TPSA) is 47.1 Å². The zero-order valence-corrected chi connectivity index (χ0v) is 9.83. The van der Waals surface area contributed by atoms with Gasteiger partial charge in [0.05, 0.1) is 17.8 Å². The third kappa shape index (κ3) is 1.96. The van der Waals surface area contributed by atoms with Crippen LogP contribution in [0.4, 0.5) is 0 Å². The van der Waals surface area contributed by atoms with Crippen LogP contribution < -0.4 is 9.47 Å². The highest BCUT2D eigenvalue weighted by Crippen LogP contribution is 2.33. The van der Waals surface area contributed by atoms with Gasteiger partial charge in [0.15, 0.2) is 11.5 Å². The standard InChI is InChI=1S/C12H11ClN2O2/c13-6-12-14-7-9(15-12)8-1-2-10-11(5-8)17-4-3-16-10/h1-2,5,7H,3-4,6H2,(H,14,15). The minimum atomic E-state index is 0.380. The van der Waals surface area contributed by atoms with Crippen LogP contribution in [0.1, 0.15) is 5.82 Å². The van der Waals surface area contributed by atoms with Crippen molar-refractivity contribution in [1.82, 2.24) is 9.97 Å². The molecule has 0 fully saturated rings. The number of fused-ring (bicyclic) bond motifs is 1. The minimum absolute atomic E-state index is 0.380. The zero-order valence-electron chi connectivity index (χ0n) is 9.07. The van der Waals surface area contributed by atoms with E-state index in [1.807, 2.05) is 18.2 Å². The molecular formula is C12H11ClN2O2. The van der Waals surface area contributed by atoms with E-state index < -0.39 is 0 Å². The van der Waals surface area contributed by atoms with Gasteiger partial charge in [-0.2, -0.15) is 0 Å². The van der Waals surface area contributed by atoms with Gasteiger partial charge in [-0.3, -0.25) is 0 Å². The van der Waals surface area contributed by atoms with Crippen molar-refractivity contribution in [2.75, 3.05) is 13.2 Å². The van der Waals surface area contributed by atoms with E-state index >= 15 is 0 Å². The van der Waals surface area contributed by atoms with Crippen molar-refractivity contribution in [3.05, 3.63) is 30.2 Å². The fraction of sp³-hybridized carbons (Fsp3) is 0.250. The van der Waals surface area contributed by atoms with E-state index in [1.54, 1.807) is 6.20 Å². The summed E-state index contributed by atoms with van der Waals surface area (Å²) in [5.74, 6) is 2.70. The number of ether oxygens (including phenoxy) is 2. The van der Waals surface area contributed by atoms with Crippen LogP contribution in [0.5, 0.6) is 11.5 Å². The first kappa shape index (κ1) is 10.5. The van der Waals surface area contributed by atoms with E-state index in [1.165, 1.54) is 0 Å². The Morgan fingerprint density at radius 2 is 2.06 bits per heavy atom. The van der Waals surface area contributed by atoms with Gasteiger partial charge in [0.2, 0.25) is 0 Å². The third-order valence-electron chi connectivity index (χ3n) is 2.61. The number of alkyl halides is 1. The Kier molecular flexibility index (Phi) is 2.65. The molecular weight excluding hydrogens is 240 g/mol. The average Bonchev–Trinajstić information content (AvgIpc) is 2.87. The second-order valence-corrected chi connectivity index (χ2v) is 4.00. The Balaban J connectivity index is 1.97. The van der Waals surface area contributed by atoms with Gasteiger partial charge in [0.25, 0.3) is 0 Å². The van der Waals surface area contributed by atoms with Crippen LogP contribution in [0.2, 0.25) is 0 Å². The molecule has 1 aliphatic heterocycles. The van der Waals surface area contributed by atoms with Crippen LogP contribution in [0.3, 0.4) is 0 Å². The van der Waals surface area contributed by atoms with E-state index in [0.717, 1.165) is 28.6 Å². The smallest absolute Gasteiger partial charge is 0.162 e. The highest BCUT2D eigenvalue weighted by atomic mass is 35.5. The molecule has 0 amide bonds. The summed E-state index contributed by atoms with van der Waals surface area (Å²) in [6, 6.07) is 5.82. The normalized spacial score (nSPS) is 13.7. The van der Waals surface area contributed by atoms with Crippen molar-refractivity contribution in [1.29, 1.82) is 0 Å². The SMILES string of the molecule is ClCc1ncc(-c2ccc3c(c2)OCCO3)[nH]1. The minimum Gasteiger partial charge on any atom is -0.486 e. The number of benzene rings is 1. The van der Waals surface area contributed by atoms with Gasteiger partial charge >= 0.3 is 0 Å². The van der Waals surface area contributed by atoms with Crippen molar-refractivity contribution in [3.63, 3.8) is 0 Å². The molecule has 4 nitrogen and oxygen atoms in total. The molecule has 3 rings (SSSR count). The first-order valence-electron chi connectivity index (χ1n) is 5.36. The summed E-state index contributed by atoms with van der Waals surface area (Å²) < 4.78 is 11.0. The van der Waals surface area contributed by atoms with E-state index in [-0.39, 0.29) is 0 Å². The summed E-state index contributed by atoms with van der Waals surface area (Å²) in [5, 5.41) is 0. The highest BCUT2D eigenvalue weighted by molar-refractivity contribution is 6.16. The second kappa shape index (κ2) is 4.30. The van der Waals surface area contributed by atoms with Crippen LogP contribution in [-0.2, 0) is 5.88 Å². The van der Waals surface area contributed by atoms with Gasteiger partial charge in [-0.05, 0) is 18.2 Å². The summed E-state index contributed by atoms with van der Waals surface area (Å²) in [5.41, 5.74) is 1.94. The molecule has 88 valence electrons. The molecule has 1 aliphatic rings. The van der Waals surface area contributed by atoms with Crippen LogP contribution in [0.15, 0.2) is 24.4 Å². The number of nitrogens with zero attached hydrogens (tertiary/aromatic N) is 1. The molecule has 0 spiro atoms. The summed E-state index contributed by atoms with van der Waals surface area (Å²) >= 11 is 5.70. The number of imidazole rings is 1. The molecule has 17 heavy (non-hydrogen) atoms. The molecule has 1 N–H and O–H groups in total. The lowest BCUT2D eigenvalue weighted by molar-refractivity contribution is 0.171. The summed E-state index contributed by atoms with van der Waals surface area (Å²) in [6.07, 6.45) is 1.77. The molecule has 0 radical (unpaired) electrons. The van der Waals surface area contributed by atoms with Gasteiger partial charge in [-0.15, -0.1) is 11.6 Å². The summed E-state index contributed by atoms with van der Waals surface area (Å²) in [4.78, 5) is 7.31. The Morgan fingerprint density at radius 1 is 1.24 bits per heavy atom. The van der Waals surface area contributed by atoms with E-state index in [0.29, 0.717) is 19.1 Å². The highest BCUT2D eigenvalue weighted by Gasteiger charge is 2.13. The molecule has 5 heteroatoms. The Hall–Kier alpha value is -1.68. The molecule has 1 aromatic carbocycles. The van der Waals surface area contributed by atoms with E-state index in [9.17, 15) is 0 Å². The van der Waals surface area contributed by atoms with Gasteiger partial charge in [0.1, 0.15) is 19.0 Å². The maximum absolute atomic E-state index is 5.70. The van der Waals surface area contributed by atoms with Crippen LogP contribution >= 0.6 is 11.6 Å².